The van der Waals surface area contributed by atoms with Crippen LogP contribution in [-0.2, 0) is 27.6 Å². The van der Waals surface area contributed by atoms with Crippen LogP contribution in [0.5, 0.6) is 0 Å². The standard InChI is InChI=1S/C24H21ClN2O3S/c1-2-17-7-3-5-9-21(17)26-24(28)16-27-15-23(20-8-4-6-10-22(20)27)31(29,30)19-13-11-18(25)12-14-19/h3-15H,2,16H2,1H3,(H,26,28). The van der Waals surface area contributed by atoms with Gasteiger partial charge in [0.15, 0.2) is 0 Å². The number of anilines is 1. The summed E-state index contributed by atoms with van der Waals surface area (Å²) in [4.78, 5) is 13.1. The molecule has 1 aromatic heterocycles. The van der Waals surface area contributed by atoms with E-state index in [1.54, 1.807) is 28.8 Å². The molecule has 3 aromatic carbocycles. The van der Waals surface area contributed by atoms with Gasteiger partial charge in [-0.1, -0.05) is 54.9 Å². The number of carbonyl (C=O) groups is 1. The molecule has 1 amide bonds. The lowest BCUT2D eigenvalue weighted by molar-refractivity contribution is -0.116. The molecule has 31 heavy (non-hydrogen) atoms. The average Bonchev–Trinajstić information content (AvgIpc) is 3.13. The molecule has 1 heterocycles. The number of carbonyl (C=O) groups excluding carboxylic acids is 1. The maximum atomic E-state index is 13.3. The van der Waals surface area contributed by atoms with Crippen molar-refractivity contribution in [2.24, 2.45) is 0 Å². The molecule has 0 aliphatic rings. The molecule has 0 saturated carbocycles. The van der Waals surface area contributed by atoms with Crippen molar-refractivity contribution in [1.29, 1.82) is 0 Å². The van der Waals surface area contributed by atoms with Gasteiger partial charge < -0.3 is 9.88 Å². The van der Waals surface area contributed by atoms with Gasteiger partial charge in [0.1, 0.15) is 6.54 Å². The normalized spacial score (nSPS) is 11.5. The molecule has 0 atom stereocenters. The topological polar surface area (TPSA) is 68.2 Å². The zero-order chi connectivity index (χ0) is 22.0. The Bertz CT molecular complexity index is 1360. The van der Waals surface area contributed by atoms with Crippen LogP contribution in [0.1, 0.15) is 12.5 Å². The van der Waals surface area contributed by atoms with Gasteiger partial charge in [0, 0.05) is 27.8 Å². The molecule has 0 aliphatic carbocycles. The average molecular weight is 453 g/mol. The van der Waals surface area contributed by atoms with Gasteiger partial charge in [-0.2, -0.15) is 0 Å². The maximum absolute atomic E-state index is 13.3. The maximum Gasteiger partial charge on any atom is 0.244 e. The van der Waals surface area contributed by atoms with Gasteiger partial charge in [-0.15, -0.1) is 0 Å². The fourth-order valence-corrected chi connectivity index (χ4v) is 5.20. The summed E-state index contributed by atoms with van der Waals surface area (Å²) in [5.74, 6) is -0.225. The van der Waals surface area contributed by atoms with Crippen LogP contribution in [-0.4, -0.2) is 18.9 Å². The number of nitrogens with one attached hydrogen (secondary N) is 1. The molecule has 4 aromatic rings. The molecule has 4 rings (SSSR count). The Morgan fingerprint density at radius 2 is 1.65 bits per heavy atom. The number of fused-ring (bicyclic) bond motifs is 1. The summed E-state index contributed by atoms with van der Waals surface area (Å²) in [6.45, 7) is 2.02. The number of halogens is 1. The van der Waals surface area contributed by atoms with E-state index in [0.717, 1.165) is 17.7 Å². The first-order valence-corrected chi connectivity index (χ1v) is 11.7. The van der Waals surface area contributed by atoms with Gasteiger partial charge in [-0.3, -0.25) is 4.79 Å². The lowest BCUT2D eigenvalue weighted by Crippen LogP contribution is -2.19. The smallest absolute Gasteiger partial charge is 0.244 e. The minimum atomic E-state index is -3.78. The van der Waals surface area contributed by atoms with Gasteiger partial charge in [0.05, 0.1) is 9.79 Å². The zero-order valence-corrected chi connectivity index (χ0v) is 18.5. The second-order valence-corrected chi connectivity index (χ2v) is 9.51. The number of benzene rings is 3. The zero-order valence-electron chi connectivity index (χ0n) is 16.9. The summed E-state index contributed by atoms with van der Waals surface area (Å²) in [5, 5.41) is 3.97. The summed E-state index contributed by atoms with van der Waals surface area (Å²) >= 11 is 5.91. The summed E-state index contributed by atoms with van der Waals surface area (Å²) in [7, 11) is -3.78. The van der Waals surface area contributed by atoms with E-state index in [0.29, 0.717) is 15.9 Å². The molecule has 0 bridgehead atoms. The second-order valence-electron chi connectivity index (χ2n) is 7.15. The van der Waals surface area contributed by atoms with E-state index < -0.39 is 9.84 Å². The van der Waals surface area contributed by atoms with Crippen LogP contribution in [0.4, 0.5) is 5.69 Å². The van der Waals surface area contributed by atoms with Gasteiger partial charge in [0.25, 0.3) is 0 Å². The van der Waals surface area contributed by atoms with Crippen molar-refractivity contribution in [1.82, 2.24) is 4.57 Å². The third kappa shape index (κ3) is 4.22. The molecule has 1 N–H and O–H groups in total. The lowest BCUT2D eigenvalue weighted by Gasteiger charge is -2.10. The molecule has 158 valence electrons. The molecule has 0 saturated heterocycles. The number of aromatic nitrogens is 1. The Kier molecular flexibility index (Phi) is 5.85. The van der Waals surface area contributed by atoms with Crippen molar-refractivity contribution in [3.8, 4) is 0 Å². The van der Waals surface area contributed by atoms with Crippen molar-refractivity contribution >= 4 is 43.9 Å². The lowest BCUT2D eigenvalue weighted by atomic mass is 10.1. The van der Waals surface area contributed by atoms with Crippen LogP contribution >= 0.6 is 11.6 Å². The second kappa shape index (κ2) is 8.57. The van der Waals surface area contributed by atoms with Crippen molar-refractivity contribution < 1.29 is 13.2 Å². The molecule has 5 nitrogen and oxygen atoms in total. The number of sulfone groups is 1. The fourth-order valence-electron chi connectivity index (χ4n) is 3.59. The van der Waals surface area contributed by atoms with E-state index >= 15 is 0 Å². The van der Waals surface area contributed by atoms with Crippen LogP contribution < -0.4 is 5.32 Å². The van der Waals surface area contributed by atoms with Gasteiger partial charge >= 0.3 is 0 Å². The molecule has 0 radical (unpaired) electrons. The van der Waals surface area contributed by atoms with E-state index in [9.17, 15) is 13.2 Å². The Morgan fingerprint density at radius 1 is 0.968 bits per heavy atom. The highest BCUT2D eigenvalue weighted by Gasteiger charge is 2.24. The summed E-state index contributed by atoms with van der Waals surface area (Å²) in [6.07, 6.45) is 2.33. The highest BCUT2D eigenvalue weighted by atomic mass is 35.5. The van der Waals surface area contributed by atoms with Gasteiger partial charge in [-0.05, 0) is 48.4 Å². The quantitative estimate of drug-likeness (QED) is 0.430. The van der Waals surface area contributed by atoms with Crippen LogP contribution in [0, 0.1) is 0 Å². The van der Waals surface area contributed by atoms with Crippen LogP contribution in [0.25, 0.3) is 10.9 Å². The van der Waals surface area contributed by atoms with Crippen molar-refractivity contribution in [2.45, 2.75) is 29.7 Å². The number of para-hydroxylation sites is 2. The summed E-state index contributed by atoms with van der Waals surface area (Å²) in [6, 6.07) is 20.9. The monoisotopic (exact) mass is 452 g/mol. The predicted molar refractivity (Wildman–Crippen MR) is 123 cm³/mol. The SMILES string of the molecule is CCc1ccccc1NC(=O)Cn1cc(S(=O)(=O)c2ccc(Cl)cc2)c2ccccc21. The highest BCUT2D eigenvalue weighted by molar-refractivity contribution is 7.91. The molecule has 7 heteroatoms. The number of aryl methyl sites for hydroxylation is 1. The van der Waals surface area contributed by atoms with Crippen LogP contribution in [0.3, 0.4) is 0 Å². The fraction of sp³-hybridized carbons (Fsp3) is 0.125. The Balaban J connectivity index is 1.70. The number of hydrogen-bond donors (Lipinski definition) is 1. The van der Waals surface area contributed by atoms with Crippen molar-refractivity contribution in [3.63, 3.8) is 0 Å². The Morgan fingerprint density at radius 3 is 2.39 bits per heavy atom. The van der Waals surface area contributed by atoms with E-state index in [4.69, 9.17) is 11.6 Å². The largest absolute Gasteiger partial charge is 0.337 e. The first kappa shape index (κ1) is 21.2. The Hall–Kier alpha value is -3.09. The minimum Gasteiger partial charge on any atom is -0.337 e. The highest BCUT2D eigenvalue weighted by Crippen LogP contribution is 2.31. The third-order valence-electron chi connectivity index (χ3n) is 5.15. The van der Waals surface area contributed by atoms with Gasteiger partial charge in [0.2, 0.25) is 15.7 Å². The summed E-state index contributed by atoms with van der Waals surface area (Å²) < 4.78 is 28.2. The molecule has 0 fully saturated rings. The molecular formula is C24H21ClN2O3S. The molecular weight excluding hydrogens is 432 g/mol. The molecule has 0 spiro atoms. The van der Waals surface area contributed by atoms with Crippen molar-refractivity contribution in [2.75, 3.05) is 5.32 Å². The predicted octanol–water partition coefficient (Wildman–Crippen LogP) is 5.33. The Labute approximate surface area is 186 Å². The van der Waals surface area contributed by atoms with E-state index in [1.807, 2.05) is 43.3 Å². The minimum absolute atomic E-state index is 0.00526. The molecule has 0 aliphatic heterocycles. The van der Waals surface area contributed by atoms with E-state index in [1.165, 1.54) is 18.3 Å². The first-order chi connectivity index (χ1) is 14.9. The van der Waals surface area contributed by atoms with Crippen LogP contribution in [0.2, 0.25) is 5.02 Å². The molecule has 0 unspecified atom stereocenters. The number of nitrogens with zero attached hydrogens (tertiary/aromatic N) is 1. The van der Waals surface area contributed by atoms with Gasteiger partial charge in [-0.25, -0.2) is 8.42 Å². The third-order valence-corrected chi connectivity index (χ3v) is 7.20. The number of hydrogen-bond acceptors (Lipinski definition) is 3. The first-order valence-electron chi connectivity index (χ1n) is 9.86. The van der Waals surface area contributed by atoms with Crippen molar-refractivity contribution in [3.05, 3.63) is 89.6 Å². The van der Waals surface area contributed by atoms with E-state index in [2.05, 4.69) is 5.32 Å². The number of rotatable bonds is 6. The number of amides is 1. The van der Waals surface area contributed by atoms with Crippen LogP contribution in [0.15, 0.2) is 88.8 Å². The van der Waals surface area contributed by atoms with E-state index in [-0.39, 0.29) is 22.2 Å². The summed E-state index contributed by atoms with van der Waals surface area (Å²) in [5.41, 5.74) is 2.48.